The molecule has 2 fully saturated rings. The second kappa shape index (κ2) is 9.45. The minimum Gasteiger partial charge on any atom is -0.392 e. The molecule has 3 atom stereocenters. The van der Waals surface area contributed by atoms with Crippen molar-refractivity contribution in [3.8, 4) is 0 Å². The summed E-state index contributed by atoms with van der Waals surface area (Å²) in [5, 5.41) is 14.6. The molecule has 0 spiro atoms. The maximum atomic E-state index is 13.5. The molecule has 2 aliphatic carbocycles. The van der Waals surface area contributed by atoms with Crippen LogP contribution in [-0.4, -0.2) is 22.1 Å². The number of aliphatic hydroxyl groups excluding tert-OH is 1. The zero-order valence-electron chi connectivity index (χ0n) is 19.3. The van der Waals surface area contributed by atoms with Gasteiger partial charge < -0.3 is 10.4 Å². The van der Waals surface area contributed by atoms with E-state index in [1.54, 1.807) is 0 Å². The summed E-state index contributed by atoms with van der Waals surface area (Å²) in [6, 6.07) is 12.1. The molecular weight excluding hydrogens is 463 g/mol. The molecule has 0 aliphatic heterocycles. The minimum atomic E-state index is -0.721. The van der Waals surface area contributed by atoms with Crippen molar-refractivity contribution < 1.29 is 13.9 Å². The maximum absolute atomic E-state index is 13.5. The molecule has 2 aliphatic rings. The largest absolute Gasteiger partial charge is 0.392 e. The van der Waals surface area contributed by atoms with E-state index in [4.69, 9.17) is 23.2 Å². The van der Waals surface area contributed by atoms with Crippen molar-refractivity contribution in [1.82, 2.24) is 5.32 Å². The predicted octanol–water partition coefficient (Wildman–Crippen LogP) is 6.79. The Balaban J connectivity index is 1.48. The third-order valence-corrected chi connectivity index (χ3v) is 8.91. The Kier molecular flexibility index (Phi) is 7.13. The Morgan fingerprint density at radius 3 is 2.21 bits per heavy atom. The van der Waals surface area contributed by atoms with E-state index in [0.717, 1.165) is 43.7 Å². The second-order valence-corrected chi connectivity index (χ2v) is 11.8. The van der Waals surface area contributed by atoms with Gasteiger partial charge in [-0.05, 0) is 60.4 Å². The van der Waals surface area contributed by atoms with Crippen LogP contribution in [0.25, 0.3) is 0 Å². The number of nitrogens with one attached hydrogen (secondary N) is 1. The van der Waals surface area contributed by atoms with Crippen molar-refractivity contribution in [2.45, 2.75) is 80.2 Å². The molecule has 6 heteroatoms. The summed E-state index contributed by atoms with van der Waals surface area (Å²) in [5.41, 5.74) is 2.47. The van der Waals surface area contributed by atoms with E-state index in [-0.39, 0.29) is 16.9 Å². The summed E-state index contributed by atoms with van der Waals surface area (Å²) < 4.78 is 26.4. The monoisotopic (exact) mass is 495 g/mol. The molecule has 4 rings (SSSR count). The van der Waals surface area contributed by atoms with E-state index in [0.29, 0.717) is 18.5 Å². The predicted molar refractivity (Wildman–Crippen MR) is 131 cm³/mol. The fourth-order valence-corrected chi connectivity index (χ4v) is 6.09. The van der Waals surface area contributed by atoms with Gasteiger partial charge >= 0.3 is 0 Å². The second-order valence-electron chi connectivity index (χ2n) is 10.3. The van der Waals surface area contributed by atoms with Crippen LogP contribution in [0.5, 0.6) is 0 Å². The Hall–Kier alpha value is -1.20. The lowest BCUT2D eigenvalue weighted by Gasteiger charge is -2.40. The standard InChI is InChI=1S/C27H33Cl2F2NO/c1-18(11-19-12-22(30)15-23(31)13-19)24(33)16-32-26(9-4-3-5-10-26)21-8-6-7-20(14-21)25(2)17-27(25,28)29/h6-8,12-15,18,24,32-33H,3-5,9-11,16-17H2,1-2H3/t18-,24+,25?/m0/s1. The van der Waals surface area contributed by atoms with Gasteiger partial charge in [0, 0.05) is 23.6 Å². The highest BCUT2D eigenvalue weighted by Gasteiger charge is 2.63. The third-order valence-electron chi connectivity index (χ3n) is 7.80. The third kappa shape index (κ3) is 5.24. The average Bonchev–Trinajstić information content (AvgIpc) is 3.30. The van der Waals surface area contributed by atoms with Crippen LogP contribution in [0.1, 0.15) is 69.1 Å². The number of rotatable bonds is 8. The lowest BCUT2D eigenvalue weighted by molar-refractivity contribution is 0.0946. The van der Waals surface area contributed by atoms with Gasteiger partial charge in [0.1, 0.15) is 16.0 Å². The van der Waals surface area contributed by atoms with Gasteiger partial charge in [-0.15, -0.1) is 23.2 Å². The number of benzene rings is 2. The molecule has 2 N–H and O–H groups in total. The highest BCUT2D eigenvalue weighted by Crippen LogP contribution is 2.64. The smallest absolute Gasteiger partial charge is 0.128 e. The first-order valence-electron chi connectivity index (χ1n) is 11.9. The normalized spacial score (nSPS) is 25.4. The van der Waals surface area contributed by atoms with Gasteiger partial charge in [0.25, 0.3) is 0 Å². The Morgan fingerprint density at radius 2 is 1.61 bits per heavy atom. The molecule has 2 aromatic carbocycles. The van der Waals surface area contributed by atoms with Crippen molar-refractivity contribution in [2.75, 3.05) is 6.54 Å². The van der Waals surface area contributed by atoms with Crippen LogP contribution in [0, 0.1) is 17.6 Å². The van der Waals surface area contributed by atoms with Gasteiger partial charge in [0.15, 0.2) is 0 Å². The van der Waals surface area contributed by atoms with Gasteiger partial charge in [-0.2, -0.15) is 0 Å². The van der Waals surface area contributed by atoms with E-state index in [2.05, 4.69) is 36.5 Å². The topological polar surface area (TPSA) is 32.3 Å². The van der Waals surface area contributed by atoms with Crippen LogP contribution >= 0.6 is 23.2 Å². The molecule has 2 saturated carbocycles. The summed E-state index contributed by atoms with van der Waals surface area (Å²) >= 11 is 12.9. The first kappa shape index (κ1) is 24.9. The molecule has 2 aromatic rings. The van der Waals surface area contributed by atoms with Crippen LogP contribution in [0.4, 0.5) is 8.78 Å². The lowest BCUT2D eigenvalue weighted by Crippen LogP contribution is -2.48. The molecule has 2 nitrogen and oxygen atoms in total. The summed E-state index contributed by atoms with van der Waals surface area (Å²) in [6.45, 7) is 4.43. The van der Waals surface area contributed by atoms with Crippen LogP contribution in [0.15, 0.2) is 42.5 Å². The Labute approximate surface area is 205 Å². The average molecular weight is 496 g/mol. The van der Waals surface area contributed by atoms with Crippen LogP contribution in [0.2, 0.25) is 0 Å². The van der Waals surface area contributed by atoms with Gasteiger partial charge in [0.2, 0.25) is 0 Å². The summed E-state index contributed by atoms with van der Waals surface area (Å²) in [4.78, 5) is 0. The zero-order chi connectivity index (χ0) is 23.9. The van der Waals surface area contributed by atoms with Crippen molar-refractivity contribution >= 4 is 23.2 Å². The molecule has 1 unspecified atom stereocenters. The van der Waals surface area contributed by atoms with E-state index < -0.39 is 22.1 Å². The summed E-state index contributed by atoms with van der Waals surface area (Å²) in [7, 11) is 0. The molecule has 0 heterocycles. The van der Waals surface area contributed by atoms with Gasteiger partial charge in [-0.3, -0.25) is 0 Å². The Morgan fingerprint density at radius 1 is 1.00 bits per heavy atom. The Bertz CT molecular complexity index is 972. The molecule has 0 saturated heterocycles. The molecule has 0 radical (unpaired) electrons. The lowest BCUT2D eigenvalue weighted by atomic mass is 9.75. The number of hydrogen-bond donors (Lipinski definition) is 2. The van der Waals surface area contributed by atoms with Crippen LogP contribution < -0.4 is 5.32 Å². The van der Waals surface area contributed by atoms with Crippen molar-refractivity contribution in [3.05, 3.63) is 70.8 Å². The first-order chi connectivity index (χ1) is 15.5. The van der Waals surface area contributed by atoms with Gasteiger partial charge in [-0.25, -0.2) is 8.78 Å². The van der Waals surface area contributed by atoms with Crippen LogP contribution in [0.3, 0.4) is 0 Å². The highest BCUT2D eigenvalue weighted by atomic mass is 35.5. The van der Waals surface area contributed by atoms with Crippen LogP contribution in [-0.2, 0) is 17.4 Å². The van der Waals surface area contributed by atoms with Crippen molar-refractivity contribution in [2.24, 2.45) is 5.92 Å². The number of aliphatic hydroxyl groups is 1. The molecule has 33 heavy (non-hydrogen) atoms. The fourth-order valence-electron chi connectivity index (χ4n) is 5.33. The highest BCUT2D eigenvalue weighted by molar-refractivity contribution is 6.52. The van der Waals surface area contributed by atoms with E-state index >= 15 is 0 Å². The minimum absolute atomic E-state index is 0.149. The summed E-state index contributed by atoms with van der Waals surface area (Å²) in [6.07, 6.45) is 5.95. The van der Waals surface area contributed by atoms with Crippen molar-refractivity contribution in [1.29, 1.82) is 0 Å². The molecule has 0 bridgehead atoms. The van der Waals surface area contributed by atoms with E-state index in [1.807, 2.05) is 6.92 Å². The van der Waals surface area contributed by atoms with E-state index in [1.165, 1.54) is 24.1 Å². The molecule has 180 valence electrons. The SMILES string of the molecule is C[C@@H](Cc1cc(F)cc(F)c1)[C@H](O)CNC1(c2cccc(C3(C)CC3(Cl)Cl)c2)CCCCC1. The first-order valence-corrected chi connectivity index (χ1v) is 12.7. The molecule has 0 aromatic heterocycles. The molecule has 0 amide bonds. The van der Waals surface area contributed by atoms with Gasteiger partial charge in [-0.1, -0.05) is 57.4 Å². The molecular formula is C27H33Cl2F2NO. The number of alkyl halides is 2. The zero-order valence-corrected chi connectivity index (χ0v) is 20.8. The fraction of sp³-hybridized carbons (Fsp3) is 0.556. The maximum Gasteiger partial charge on any atom is 0.128 e. The van der Waals surface area contributed by atoms with Crippen molar-refractivity contribution in [3.63, 3.8) is 0 Å². The van der Waals surface area contributed by atoms with Gasteiger partial charge in [0.05, 0.1) is 6.10 Å². The van der Waals surface area contributed by atoms with E-state index in [9.17, 15) is 13.9 Å². The summed E-state index contributed by atoms with van der Waals surface area (Å²) in [5.74, 6) is -1.33. The quantitative estimate of drug-likeness (QED) is 0.395. The number of hydrogen-bond acceptors (Lipinski definition) is 2. The number of halogens is 4.